The molecule has 2 rings (SSSR count). The van der Waals surface area contributed by atoms with Crippen LogP contribution in [0.3, 0.4) is 0 Å². The number of ether oxygens (including phenoxy) is 2. The minimum absolute atomic E-state index is 0.0817. The van der Waals surface area contributed by atoms with Gasteiger partial charge in [0.15, 0.2) is 5.82 Å². The van der Waals surface area contributed by atoms with E-state index >= 15 is 0 Å². The number of aryl methyl sites for hydroxylation is 1. The number of nitrogens with zero attached hydrogens (tertiary/aromatic N) is 3. The quantitative estimate of drug-likeness (QED) is 0.583. The van der Waals surface area contributed by atoms with Crippen molar-refractivity contribution in [2.24, 2.45) is 12.5 Å². The maximum Gasteiger partial charge on any atom is 0.158 e. The van der Waals surface area contributed by atoms with Gasteiger partial charge in [0.2, 0.25) is 0 Å². The van der Waals surface area contributed by atoms with Gasteiger partial charge in [0.25, 0.3) is 0 Å². The van der Waals surface area contributed by atoms with E-state index in [0.717, 1.165) is 31.7 Å². The van der Waals surface area contributed by atoms with Crippen molar-refractivity contribution in [2.45, 2.75) is 90.3 Å². The first-order chi connectivity index (χ1) is 12.0. The zero-order chi connectivity index (χ0) is 18.3. The number of hydrogen-bond donors (Lipinski definition) is 0. The van der Waals surface area contributed by atoms with E-state index in [1.807, 2.05) is 7.05 Å². The number of methoxy groups -OCH3 is 1. The predicted molar refractivity (Wildman–Crippen MR) is 101 cm³/mol. The molecule has 0 aromatic carbocycles. The van der Waals surface area contributed by atoms with Crippen LogP contribution in [-0.4, -0.2) is 40.7 Å². The number of rotatable bonds is 10. The molecule has 0 bridgehead atoms. The van der Waals surface area contributed by atoms with Crippen LogP contribution in [0.1, 0.15) is 83.9 Å². The van der Waals surface area contributed by atoms with Gasteiger partial charge in [0.1, 0.15) is 6.33 Å². The summed E-state index contributed by atoms with van der Waals surface area (Å²) in [6.07, 6.45) is 11.9. The summed E-state index contributed by atoms with van der Waals surface area (Å²) in [5.74, 6) is 0.963. The average Bonchev–Trinajstić information content (AvgIpc) is 3.00. The number of aromatic nitrogens is 3. The average molecular weight is 352 g/mol. The topological polar surface area (TPSA) is 49.2 Å². The first kappa shape index (κ1) is 20.4. The van der Waals surface area contributed by atoms with E-state index in [9.17, 15) is 0 Å². The smallest absolute Gasteiger partial charge is 0.158 e. The van der Waals surface area contributed by atoms with Crippen molar-refractivity contribution >= 4 is 0 Å². The van der Waals surface area contributed by atoms with Crippen molar-refractivity contribution in [3.05, 3.63) is 12.2 Å². The highest BCUT2D eigenvalue weighted by molar-refractivity contribution is 5.09. The number of hydrogen-bond acceptors (Lipinski definition) is 4. The van der Waals surface area contributed by atoms with Crippen LogP contribution in [0.4, 0.5) is 0 Å². The van der Waals surface area contributed by atoms with Gasteiger partial charge in [-0.2, -0.15) is 5.10 Å². The zero-order valence-electron chi connectivity index (χ0n) is 16.8. The van der Waals surface area contributed by atoms with Crippen molar-refractivity contribution in [1.82, 2.24) is 14.8 Å². The summed E-state index contributed by atoms with van der Waals surface area (Å²) in [6.45, 7) is 7.64. The molecule has 0 radical (unpaired) electrons. The van der Waals surface area contributed by atoms with Crippen molar-refractivity contribution < 1.29 is 9.47 Å². The molecule has 1 aliphatic rings. The highest BCUT2D eigenvalue weighted by Crippen LogP contribution is 2.45. The summed E-state index contributed by atoms with van der Waals surface area (Å²) in [5, 5.41) is 4.57. The minimum Gasteiger partial charge on any atom is -0.380 e. The van der Waals surface area contributed by atoms with E-state index in [1.165, 1.54) is 32.1 Å². The van der Waals surface area contributed by atoms with Crippen LogP contribution >= 0.6 is 0 Å². The first-order valence-corrected chi connectivity index (χ1v) is 9.99. The molecule has 0 aliphatic heterocycles. The number of unbranched alkanes of at least 4 members (excludes halogenated alkanes) is 5. The maximum atomic E-state index is 6.32. The minimum atomic E-state index is 0.0817. The summed E-state index contributed by atoms with van der Waals surface area (Å²) >= 11 is 0. The van der Waals surface area contributed by atoms with Crippen LogP contribution in [0.25, 0.3) is 0 Å². The Morgan fingerprint density at radius 1 is 1.20 bits per heavy atom. The molecule has 1 aliphatic carbocycles. The lowest BCUT2D eigenvalue weighted by molar-refractivity contribution is -0.106. The summed E-state index contributed by atoms with van der Waals surface area (Å²) in [4.78, 5) is 4.52. The van der Waals surface area contributed by atoms with Gasteiger partial charge in [-0.05, 0) is 24.7 Å². The molecule has 0 amide bonds. The highest BCUT2D eigenvalue weighted by Gasteiger charge is 2.47. The lowest BCUT2D eigenvalue weighted by Crippen LogP contribution is -2.47. The molecule has 5 nitrogen and oxygen atoms in total. The molecule has 1 fully saturated rings. The van der Waals surface area contributed by atoms with Gasteiger partial charge >= 0.3 is 0 Å². The molecule has 144 valence electrons. The Bertz CT molecular complexity index is 501. The summed E-state index contributed by atoms with van der Waals surface area (Å²) in [5.41, 5.74) is 0.110. The van der Waals surface area contributed by atoms with Gasteiger partial charge in [-0.15, -0.1) is 0 Å². The molecule has 1 aromatic rings. The normalized spacial score (nSPS) is 26.0. The van der Waals surface area contributed by atoms with E-state index in [2.05, 4.69) is 30.9 Å². The van der Waals surface area contributed by atoms with Gasteiger partial charge in [0.05, 0.1) is 18.1 Å². The molecule has 3 unspecified atom stereocenters. The van der Waals surface area contributed by atoms with Gasteiger partial charge in [-0.3, -0.25) is 4.68 Å². The van der Waals surface area contributed by atoms with Crippen molar-refractivity contribution in [3.63, 3.8) is 0 Å². The van der Waals surface area contributed by atoms with E-state index in [0.29, 0.717) is 0 Å². The standard InChI is InChI=1S/C20H37N3O2/c1-6-7-8-9-10-11-14-25-16-12-13-20(2,3)18(24-5)17(16)19-21-15-23(4)22-19/h15-18H,6-14H2,1-5H3. The van der Waals surface area contributed by atoms with Crippen molar-refractivity contribution in [1.29, 1.82) is 0 Å². The molecule has 1 saturated carbocycles. The maximum absolute atomic E-state index is 6.32. The first-order valence-electron chi connectivity index (χ1n) is 9.99. The van der Waals surface area contributed by atoms with Crippen LogP contribution in [0.5, 0.6) is 0 Å². The fourth-order valence-electron chi connectivity index (χ4n) is 4.10. The van der Waals surface area contributed by atoms with Crippen LogP contribution < -0.4 is 0 Å². The Hall–Kier alpha value is -0.940. The van der Waals surface area contributed by atoms with Gasteiger partial charge < -0.3 is 9.47 Å². The molecule has 5 heteroatoms. The summed E-state index contributed by atoms with van der Waals surface area (Å²) in [7, 11) is 3.72. The van der Waals surface area contributed by atoms with E-state index in [4.69, 9.17) is 9.47 Å². The second-order valence-corrected chi connectivity index (χ2v) is 8.16. The molecule has 0 saturated heterocycles. The molecule has 1 heterocycles. The van der Waals surface area contributed by atoms with Crippen molar-refractivity contribution in [3.8, 4) is 0 Å². The third kappa shape index (κ3) is 5.52. The third-order valence-corrected chi connectivity index (χ3v) is 5.57. The Morgan fingerprint density at radius 2 is 1.92 bits per heavy atom. The van der Waals surface area contributed by atoms with E-state index in [1.54, 1.807) is 18.1 Å². The summed E-state index contributed by atoms with van der Waals surface area (Å²) in [6, 6.07) is 0. The SMILES string of the molecule is CCCCCCCCOC1CCC(C)(C)C(OC)C1c1ncn(C)n1. The molecular formula is C20H37N3O2. The zero-order valence-corrected chi connectivity index (χ0v) is 16.8. The predicted octanol–water partition coefficient (Wildman–Crippen LogP) is 4.48. The van der Waals surface area contributed by atoms with Crippen LogP contribution in [-0.2, 0) is 16.5 Å². The Kier molecular flexibility index (Phi) is 7.88. The fourth-order valence-corrected chi connectivity index (χ4v) is 4.10. The fraction of sp³-hybridized carbons (Fsp3) is 0.900. The van der Waals surface area contributed by atoms with Gasteiger partial charge in [0, 0.05) is 20.8 Å². The Labute approximate surface area is 153 Å². The van der Waals surface area contributed by atoms with E-state index in [-0.39, 0.29) is 23.5 Å². The lowest BCUT2D eigenvalue weighted by atomic mass is 9.68. The van der Waals surface area contributed by atoms with Crippen LogP contribution in [0.2, 0.25) is 0 Å². The molecule has 25 heavy (non-hydrogen) atoms. The van der Waals surface area contributed by atoms with Crippen LogP contribution in [0.15, 0.2) is 6.33 Å². The lowest BCUT2D eigenvalue weighted by Gasteiger charge is -2.45. The molecular weight excluding hydrogens is 314 g/mol. The second kappa shape index (κ2) is 9.67. The third-order valence-electron chi connectivity index (χ3n) is 5.57. The van der Waals surface area contributed by atoms with Crippen molar-refractivity contribution in [2.75, 3.05) is 13.7 Å². The van der Waals surface area contributed by atoms with E-state index < -0.39 is 0 Å². The van der Waals surface area contributed by atoms with Crippen LogP contribution in [0, 0.1) is 5.41 Å². The monoisotopic (exact) mass is 351 g/mol. The second-order valence-electron chi connectivity index (χ2n) is 8.16. The molecule has 1 aromatic heterocycles. The largest absolute Gasteiger partial charge is 0.380 e. The Balaban J connectivity index is 1.95. The van der Waals surface area contributed by atoms with Gasteiger partial charge in [-0.1, -0.05) is 52.9 Å². The Morgan fingerprint density at radius 3 is 2.56 bits per heavy atom. The highest BCUT2D eigenvalue weighted by atomic mass is 16.5. The molecule has 0 spiro atoms. The summed E-state index contributed by atoms with van der Waals surface area (Å²) < 4.78 is 14.0. The molecule has 3 atom stereocenters. The van der Waals surface area contributed by atoms with Gasteiger partial charge in [-0.25, -0.2) is 4.98 Å². The molecule has 0 N–H and O–H groups in total.